The van der Waals surface area contributed by atoms with Crippen molar-refractivity contribution >= 4 is 27.0 Å². The smallest absolute Gasteiger partial charge is 0.216 e. The predicted molar refractivity (Wildman–Crippen MR) is 79.3 cm³/mol. The van der Waals surface area contributed by atoms with Gasteiger partial charge in [0.05, 0.1) is 5.75 Å². The zero-order valence-corrected chi connectivity index (χ0v) is 12.2. The number of para-hydroxylation sites is 1. The van der Waals surface area contributed by atoms with E-state index in [1.807, 2.05) is 23.8 Å². The van der Waals surface area contributed by atoms with E-state index in [1.165, 1.54) is 0 Å². The molecule has 0 saturated heterocycles. The zero-order chi connectivity index (χ0) is 13.9. The minimum atomic E-state index is -3.41. The fraction of sp³-hybridized carbons (Fsp3) is 0.231. The summed E-state index contributed by atoms with van der Waals surface area (Å²) < 4.78 is 26.8. The molecule has 1 atom stereocenters. The molecule has 0 aliphatic heterocycles. The van der Waals surface area contributed by atoms with E-state index in [9.17, 15) is 8.42 Å². The second-order valence-electron chi connectivity index (χ2n) is 4.35. The maximum atomic E-state index is 12.1. The van der Waals surface area contributed by atoms with Crippen molar-refractivity contribution in [3.05, 3.63) is 52.2 Å². The highest BCUT2D eigenvalue weighted by Gasteiger charge is 2.17. The third-order valence-electron chi connectivity index (χ3n) is 2.80. The van der Waals surface area contributed by atoms with Gasteiger partial charge in [-0.05, 0) is 40.9 Å². The first-order valence-electron chi connectivity index (χ1n) is 5.83. The topological polar surface area (TPSA) is 72.2 Å². The van der Waals surface area contributed by atoms with Gasteiger partial charge in [0.25, 0.3) is 0 Å². The SMILES string of the molecule is CC(NS(=O)(=O)Cc1ccccc1N)c1ccsc1. The molecule has 2 rings (SSSR count). The van der Waals surface area contributed by atoms with E-state index in [2.05, 4.69) is 4.72 Å². The van der Waals surface area contributed by atoms with Gasteiger partial charge in [0.1, 0.15) is 0 Å². The van der Waals surface area contributed by atoms with E-state index < -0.39 is 10.0 Å². The summed E-state index contributed by atoms with van der Waals surface area (Å²) in [6.45, 7) is 1.83. The predicted octanol–water partition coefficient (Wildman–Crippen LogP) is 2.51. The largest absolute Gasteiger partial charge is 0.398 e. The van der Waals surface area contributed by atoms with Crippen molar-refractivity contribution in [1.29, 1.82) is 0 Å². The normalized spacial score (nSPS) is 13.3. The van der Waals surface area contributed by atoms with Crippen molar-refractivity contribution in [2.45, 2.75) is 18.7 Å². The van der Waals surface area contributed by atoms with Crippen molar-refractivity contribution in [3.63, 3.8) is 0 Å². The number of nitrogens with one attached hydrogen (secondary N) is 1. The van der Waals surface area contributed by atoms with Gasteiger partial charge < -0.3 is 5.73 Å². The van der Waals surface area contributed by atoms with Crippen LogP contribution in [-0.4, -0.2) is 8.42 Å². The number of nitrogen functional groups attached to an aromatic ring is 1. The molecule has 4 nitrogen and oxygen atoms in total. The van der Waals surface area contributed by atoms with Gasteiger partial charge in [-0.1, -0.05) is 18.2 Å². The molecule has 0 bridgehead atoms. The summed E-state index contributed by atoms with van der Waals surface area (Å²) in [7, 11) is -3.41. The number of sulfonamides is 1. The Hall–Kier alpha value is -1.37. The molecule has 0 amide bonds. The van der Waals surface area contributed by atoms with Gasteiger partial charge in [-0.25, -0.2) is 13.1 Å². The zero-order valence-electron chi connectivity index (χ0n) is 10.5. The average molecular weight is 296 g/mol. The van der Waals surface area contributed by atoms with E-state index in [1.54, 1.807) is 35.6 Å². The highest BCUT2D eigenvalue weighted by atomic mass is 32.2. The lowest BCUT2D eigenvalue weighted by Crippen LogP contribution is -2.28. The van der Waals surface area contributed by atoms with E-state index >= 15 is 0 Å². The average Bonchev–Trinajstić information content (AvgIpc) is 2.85. The van der Waals surface area contributed by atoms with Crippen LogP contribution in [0.25, 0.3) is 0 Å². The van der Waals surface area contributed by atoms with Gasteiger partial charge in [0.15, 0.2) is 0 Å². The van der Waals surface area contributed by atoms with Crippen molar-refractivity contribution in [1.82, 2.24) is 4.72 Å². The lowest BCUT2D eigenvalue weighted by atomic mass is 10.2. The van der Waals surface area contributed by atoms with E-state index in [0.29, 0.717) is 11.3 Å². The second kappa shape index (κ2) is 5.73. The van der Waals surface area contributed by atoms with Gasteiger partial charge in [-0.15, -0.1) is 0 Å². The Labute approximate surface area is 117 Å². The van der Waals surface area contributed by atoms with Crippen molar-refractivity contribution in [3.8, 4) is 0 Å². The Morgan fingerprint density at radius 3 is 2.68 bits per heavy atom. The molecule has 0 saturated carbocycles. The fourth-order valence-electron chi connectivity index (χ4n) is 1.77. The second-order valence-corrected chi connectivity index (χ2v) is 6.89. The number of thiophene rings is 1. The number of hydrogen-bond donors (Lipinski definition) is 2. The standard InChI is InChI=1S/C13H16N2O2S2/c1-10(11-6-7-18-8-11)15-19(16,17)9-12-4-2-3-5-13(12)14/h2-8,10,15H,9,14H2,1H3. The van der Waals surface area contributed by atoms with Gasteiger partial charge in [0.2, 0.25) is 10.0 Å². The third-order valence-corrected chi connectivity index (χ3v) is 4.91. The van der Waals surface area contributed by atoms with Crippen molar-refractivity contribution in [2.75, 3.05) is 5.73 Å². The Morgan fingerprint density at radius 1 is 1.32 bits per heavy atom. The first kappa shape index (κ1) is 14.0. The van der Waals surface area contributed by atoms with Gasteiger partial charge in [0, 0.05) is 11.7 Å². The molecule has 0 aliphatic carbocycles. The highest BCUT2D eigenvalue weighted by molar-refractivity contribution is 7.88. The number of rotatable bonds is 5. The van der Waals surface area contributed by atoms with Crippen LogP contribution in [0.1, 0.15) is 24.1 Å². The molecule has 102 valence electrons. The molecule has 3 N–H and O–H groups in total. The third kappa shape index (κ3) is 3.79. The first-order chi connectivity index (χ1) is 8.98. The van der Waals surface area contributed by atoms with Crippen molar-refractivity contribution in [2.24, 2.45) is 0 Å². The molecule has 1 unspecified atom stereocenters. The van der Waals surface area contributed by atoms with Crippen LogP contribution in [0.4, 0.5) is 5.69 Å². The van der Waals surface area contributed by atoms with Crippen LogP contribution in [0.2, 0.25) is 0 Å². The van der Waals surface area contributed by atoms with Crippen LogP contribution in [0, 0.1) is 0 Å². The minimum absolute atomic E-state index is 0.103. The molecule has 1 aromatic heterocycles. The van der Waals surface area contributed by atoms with E-state index in [4.69, 9.17) is 5.73 Å². The monoisotopic (exact) mass is 296 g/mol. The Morgan fingerprint density at radius 2 is 2.05 bits per heavy atom. The molecular formula is C13H16N2O2S2. The molecule has 2 aromatic rings. The van der Waals surface area contributed by atoms with Crippen LogP contribution in [0.3, 0.4) is 0 Å². The summed E-state index contributed by atoms with van der Waals surface area (Å²) in [6.07, 6.45) is 0. The van der Waals surface area contributed by atoms with E-state index in [0.717, 1.165) is 5.56 Å². The maximum Gasteiger partial charge on any atom is 0.216 e. The van der Waals surface area contributed by atoms with Crippen LogP contribution in [0.15, 0.2) is 41.1 Å². The Bertz CT molecular complexity index is 636. The van der Waals surface area contributed by atoms with Gasteiger partial charge in [-0.3, -0.25) is 0 Å². The number of benzene rings is 1. The maximum absolute atomic E-state index is 12.1. The molecule has 19 heavy (non-hydrogen) atoms. The summed E-state index contributed by atoms with van der Waals surface area (Å²) in [4.78, 5) is 0. The number of anilines is 1. The molecule has 0 fully saturated rings. The van der Waals surface area contributed by atoms with Crippen LogP contribution < -0.4 is 10.5 Å². The molecule has 0 aliphatic rings. The van der Waals surface area contributed by atoms with Gasteiger partial charge >= 0.3 is 0 Å². The van der Waals surface area contributed by atoms with Crippen LogP contribution in [0.5, 0.6) is 0 Å². The molecule has 1 aromatic carbocycles. The van der Waals surface area contributed by atoms with Crippen molar-refractivity contribution < 1.29 is 8.42 Å². The summed E-state index contributed by atoms with van der Waals surface area (Å²) in [5, 5.41) is 3.86. The van der Waals surface area contributed by atoms with Crippen LogP contribution >= 0.6 is 11.3 Å². The van der Waals surface area contributed by atoms with Gasteiger partial charge in [-0.2, -0.15) is 11.3 Å². The lowest BCUT2D eigenvalue weighted by molar-refractivity contribution is 0.566. The lowest BCUT2D eigenvalue weighted by Gasteiger charge is -2.13. The number of hydrogen-bond acceptors (Lipinski definition) is 4. The summed E-state index contributed by atoms with van der Waals surface area (Å²) >= 11 is 1.55. The summed E-state index contributed by atoms with van der Waals surface area (Å²) in [6, 6.07) is 8.67. The summed E-state index contributed by atoms with van der Waals surface area (Å²) in [5.41, 5.74) is 7.84. The fourth-order valence-corrected chi connectivity index (χ4v) is 3.96. The molecular weight excluding hydrogens is 280 g/mol. The molecule has 6 heteroatoms. The Balaban J connectivity index is 2.09. The first-order valence-corrected chi connectivity index (χ1v) is 8.43. The minimum Gasteiger partial charge on any atom is -0.398 e. The Kier molecular flexibility index (Phi) is 4.24. The quantitative estimate of drug-likeness (QED) is 0.833. The number of nitrogens with two attached hydrogens (primary N) is 1. The molecule has 0 radical (unpaired) electrons. The van der Waals surface area contributed by atoms with Crippen LogP contribution in [-0.2, 0) is 15.8 Å². The highest BCUT2D eigenvalue weighted by Crippen LogP contribution is 2.19. The molecule has 0 spiro atoms. The van der Waals surface area contributed by atoms with E-state index in [-0.39, 0.29) is 11.8 Å². The summed E-state index contributed by atoms with van der Waals surface area (Å²) in [5.74, 6) is -0.103. The molecule has 1 heterocycles.